The highest BCUT2D eigenvalue weighted by molar-refractivity contribution is 9.10. The number of aromatic amines is 1. The van der Waals surface area contributed by atoms with Crippen LogP contribution >= 0.6 is 31.9 Å². The molecule has 0 saturated carbocycles. The third-order valence-corrected chi connectivity index (χ3v) is 13.6. The van der Waals surface area contributed by atoms with Crippen LogP contribution < -0.4 is 0 Å². The predicted octanol–water partition coefficient (Wildman–Crippen LogP) is 11.4. The maximum atomic E-state index is 10.1. The number of hydrogen-bond donors (Lipinski definition) is 2. The number of aliphatic hydroxyl groups excluding tert-OH is 1. The Balaban J connectivity index is 0.000000124. The number of pyridine rings is 2. The molecule has 6 aromatic heterocycles. The Labute approximate surface area is 381 Å². The van der Waals surface area contributed by atoms with Gasteiger partial charge in [0.1, 0.15) is 0 Å². The summed E-state index contributed by atoms with van der Waals surface area (Å²) in [6, 6.07) is 33.7. The van der Waals surface area contributed by atoms with Gasteiger partial charge in [0.15, 0.2) is 0 Å². The van der Waals surface area contributed by atoms with Gasteiger partial charge in [-0.05, 0) is 117 Å². The van der Waals surface area contributed by atoms with Crippen molar-refractivity contribution >= 4 is 97.5 Å². The number of rotatable bonds is 5. The number of aliphatic hydroxyl groups is 1. The van der Waals surface area contributed by atoms with Gasteiger partial charge in [-0.2, -0.15) is 5.10 Å². The number of nitrogens with zero attached hydrogens (tertiary/aromatic N) is 7. The monoisotopic (exact) mass is 966 g/mol. The summed E-state index contributed by atoms with van der Waals surface area (Å²) in [6.45, 7) is 3.21. The van der Waals surface area contributed by atoms with Crippen molar-refractivity contribution in [1.29, 1.82) is 0 Å². The van der Waals surface area contributed by atoms with E-state index in [1.807, 2.05) is 90.7 Å². The molecule has 4 aromatic carbocycles. The molecule has 320 valence electrons. The lowest BCUT2D eigenvalue weighted by Crippen LogP contribution is -2.26. The summed E-state index contributed by atoms with van der Waals surface area (Å²) >= 11 is 7.10. The lowest BCUT2D eigenvalue weighted by atomic mass is 9.86. The van der Waals surface area contributed by atoms with E-state index in [-0.39, 0.29) is 12.1 Å². The summed E-state index contributed by atoms with van der Waals surface area (Å²) in [7, 11) is 3.99. The average Bonchev–Trinajstić information content (AvgIpc) is 4.09. The molecule has 0 unspecified atom stereocenters. The Hall–Kier alpha value is -5.44. The zero-order chi connectivity index (χ0) is 43.0. The van der Waals surface area contributed by atoms with E-state index in [2.05, 4.69) is 111 Å². The SMILES string of the molecule is Cn1[nH]cc2c3c(ccc21)nc1cc(Br)cnc13.Cn1ncc2c3c4ncc(Br)cc4n([C@H](c4ccccc4)C4CCOCC4)c3ccc21.O[C@@H](c1ccccc1)C1CCOCC1. The number of aromatic nitrogens is 8. The van der Waals surface area contributed by atoms with Gasteiger partial charge in [0.2, 0.25) is 0 Å². The molecule has 8 heterocycles. The van der Waals surface area contributed by atoms with Gasteiger partial charge in [-0.15, -0.1) is 0 Å². The largest absolute Gasteiger partial charge is 0.388 e. The molecule has 2 N–H and O–H groups in total. The summed E-state index contributed by atoms with van der Waals surface area (Å²) in [5.41, 5.74) is 10.9. The van der Waals surface area contributed by atoms with E-state index in [4.69, 9.17) is 14.5 Å². The van der Waals surface area contributed by atoms with Crippen LogP contribution in [0.3, 0.4) is 0 Å². The zero-order valence-corrected chi connectivity index (χ0v) is 38.3. The molecule has 0 radical (unpaired) electrons. The molecular weight excluding hydrogens is 920 g/mol. The van der Waals surface area contributed by atoms with Crippen LogP contribution in [0.5, 0.6) is 0 Å². The van der Waals surface area contributed by atoms with Gasteiger partial charge in [-0.1, -0.05) is 60.7 Å². The highest BCUT2D eigenvalue weighted by Gasteiger charge is 2.31. The van der Waals surface area contributed by atoms with Crippen molar-refractivity contribution in [3.63, 3.8) is 0 Å². The van der Waals surface area contributed by atoms with E-state index in [9.17, 15) is 5.11 Å². The fourth-order valence-corrected chi connectivity index (χ4v) is 10.3. The number of ether oxygens (including phenoxy) is 2. The molecule has 2 aliphatic rings. The summed E-state index contributed by atoms with van der Waals surface area (Å²) in [5.74, 6) is 0.865. The average molecular weight is 969 g/mol. The second-order valence-electron chi connectivity index (χ2n) is 16.5. The highest BCUT2D eigenvalue weighted by atomic mass is 79.9. The Morgan fingerprint density at radius 1 is 0.635 bits per heavy atom. The minimum atomic E-state index is -0.319. The predicted molar refractivity (Wildman–Crippen MR) is 258 cm³/mol. The van der Waals surface area contributed by atoms with Crippen LogP contribution in [-0.4, -0.2) is 70.6 Å². The lowest BCUT2D eigenvalue weighted by molar-refractivity contribution is 0.00719. The van der Waals surface area contributed by atoms with Crippen molar-refractivity contribution in [2.75, 3.05) is 26.4 Å². The first-order valence-corrected chi connectivity index (χ1v) is 23.1. The minimum absolute atomic E-state index is 0.218. The van der Waals surface area contributed by atoms with Crippen molar-refractivity contribution < 1.29 is 14.6 Å². The van der Waals surface area contributed by atoms with Crippen molar-refractivity contribution in [3.05, 3.63) is 142 Å². The minimum Gasteiger partial charge on any atom is -0.388 e. The van der Waals surface area contributed by atoms with E-state index >= 15 is 0 Å². The summed E-state index contributed by atoms with van der Waals surface area (Å²) in [5, 5.41) is 22.4. The van der Waals surface area contributed by atoms with Crippen LogP contribution in [0.15, 0.2) is 131 Å². The molecule has 63 heavy (non-hydrogen) atoms. The molecule has 12 rings (SSSR count). The Morgan fingerprint density at radius 2 is 1.25 bits per heavy atom. The van der Waals surface area contributed by atoms with Crippen LogP contribution in [0.2, 0.25) is 0 Å². The first-order valence-electron chi connectivity index (χ1n) is 21.5. The third-order valence-electron chi connectivity index (χ3n) is 12.8. The molecule has 0 amide bonds. The normalized spacial score (nSPS) is 16.1. The quantitative estimate of drug-likeness (QED) is 0.176. The van der Waals surface area contributed by atoms with Crippen molar-refractivity contribution in [2.24, 2.45) is 25.9 Å². The van der Waals surface area contributed by atoms with Gasteiger partial charge in [0.05, 0.1) is 62.5 Å². The van der Waals surface area contributed by atoms with Crippen LogP contribution in [-0.2, 0) is 23.6 Å². The smallest absolute Gasteiger partial charge is 0.0988 e. The number of nitrogens with one attached hydrogen (secondary N) is 1. The fourth-order valence-electron chi connectivity index (χ4n) is 9.61. The number of H-pyrrole nitrogens is 1. The standard InChI is InChI=1S/C25H23BrN4O.C13H9BrN4.C12H16O2/c1-29-20-7-8-21-23(19(20)15-28-29)24-22(13-18(26)14-27-24)30(21)25(16-5-3-2-4-6-16)17-9-11-31-12-10-17;1-18-11-3-2-9-12(8(11)6-16-18)13-10(17-9)4-7(14)5-15-13;13-12(10-4-2-1-3-5-10)11-6-8-14-9-7-11/h2-8,13-15,17,25H,9-12H2,1H3;2-6,16H,1H3;1-5,11-13H,6-9H2/t25-;;12-/m1.0/s1. The molecule has 10 aromatic rings. The number of benzene rings is 4. The highest BCUT2D eigenvalue weighted by Crippen LogP contribution is 2.43. The van der Waals surface area contributed by atoms with Crippen molar-refractivity contribution in [1.82, 2.24) is 39.1 Å². The maximum Gasteiger partial charge on any atom is 0.0988 e. The van der Waals surface area contributed by atoms with Crippen molar-refractivity contribution in [3.8, 4) is 0 Å². The van der Waals surface area contributed by atoms with Crippen LogP contribution in [0.1, 0.15) is 49.0 Å². The molecule has 2 aliphatic heterocycles. The summed E-state index contributed by atoms with van der Waals surface area (Å²) in [6.07, 6.45) is 11.4. The van der Waals surface area contributed by atoms with E-state index < -0.39 is 0 Å². The number of fused-ring (bicyclic) bond motifs is 10. The number of halogens is 2. The van der Waals surface area contributed by atoms with Crippen LogP contribution in [0.25, 0.3) is 65.7 Å². The molecule has 11 nitrogen and oxygen atoms in total. The molecule has 0 spiro atoms. The summed E-state index contributed by atoms with van der Waals surface area (Å²) in [4.78, 5) is 14.0. The van der Waals surface area contributed by atoms with E-state index in [1.54, 1.807) is 0 Å². The molecule has 0 aliphatic carbocycles. The lowest BCUT2D eigenvalue weighted by Gasteiger charge is -2.33. The molecule has 2 saturated heterocycles. The first kappa shape index (κ1) is 41.6. The number of hydrogen-bond acceptors (Lipinski definition) is 7. The number of aryl methyl sites for hydroxylation is 2. The van der Waals surface area contributed by atoms with E-state index in [0.29, 0.717) is 11.8 Å². The molecule has 0 bridgehead atoms. The topological polar surface area (TPSA) is 121 Å². The Kier molecular flexibility index (Phi) is 11.9. The maximum absolute atomic E-state index is 10.1. The second-order valence-corrected chi connectivity index (χ2v) is 18.4. The molecule has 2 fully saturated rings. The van der Waals surface area contributed by atoms with Crippen LogP contribution in [0, 0.1) is 11.8 Å². The van der Waals surface area contributed by atoms with Gasteiger partial charge in [0, 0.05) is 89.6 Å². The van der Waals surface area contributed by atoms with E-state index in [1.165, 1.54) is 16.5 Å². The fraction of sp³-hybridized carbons (Fsp3) is 0.280. The van der Waals surface area contributed by atoms with Gasteiger partial charge in [-0.25, -0.2) is 4.98 Å². The van der Waals surface area contributed by atoms with Gasteiger partial charge in [-0.3, -0.25) is 19.3 Å². The summed E-state index contributed by atoms with van der Waals surface area (Å²) < 4.78 is 19.4. The molecule has 2 atom stereocenters. The van der Waals surface area contributed by atoms with Gasteiger partial charge in [0.25, 0.3) is 0 Å². The van der Waals surface area contributed by atoms with E-state index in [0.717, 1.165) is 121 Å². The van der Waals surface area contributed by atoms with Crippen molar-refractivity contribution in [2.45, 2.75) is 37.8 Å². The van der Waals surface area contributed by atoms with Crippen LogP contribution in [0.4, 0.5) is 0 Å². The van der Waals surface area contributed by atoms with Gasteiger partial charge >= 0.3 is 0 Å². The molecular formula is C50H48Br2N8O3. The third kappa shape index (κ3) is 8.06. The van der Waals surface area contributed by atoms with Gasteiger partial charge < -0.3 is 24.2 Å². The second kappa shape index (κ2) is 18.0. The zero-order valence-electron chi connectivity index (χ0n) is 35.2. The Morgan fingerprint density at radius 3 is 1.97 bits per heavy atom. The first-order chi connectivity index (χ1) is 30.8. The Bertz CT molecular complexity index is 3190. The molecule has 13 heteroatoms.